The zero-order valence-electron chi connectivity index (χ0n) is 24.1. The number of aliphatic hydroxyl groups excluding tert-OH is 2. The molecule has 0 radical (unpaired) electrons. The van der Waals surface area contributed by atoms with Gasteiger partial charge in [-0.1, -0.05) is 66.7 Å². The van der Waals surface area contributed by atoms with E-state index < -0.39 is 0 Å². The molecule has 4 rings (SSSR count). The van der Waals surface area contributed by atoms with E-state index in [0.717, 1.165) is 29.8 Å². The second-order valence-electron chi connectivity index (χ2n) is 10.4. The molecule has 8 heteroatoms. The summed E-state index contributed by atoms with van der Waals surface area (Å²) in [5.74, 6) is 1.18. The van der Waals surface area contributed by atoms with Crippen molar-refractivity contribution >= 4 is 11.3 Å². The van der Waals surface area contributed by atoms with E-state index in [0.29, 0.717) is 41.3 Å². The molecule has 2 N–H and O–H groups in total. The van der Waals surface area contributed by atoms with E-state index in [1.54, 1.807) is 36.4 Å². The summed E-state index contributed by atoms with van der Waals surface area (Å²) < 4.78 is 6.82. The van der Waals surface area contributed by atoms with Crippen molar-refractivity contribution in [2.45, 2.75) is 6.42 Å². The van der Waals surface area contributed by atoms with Crippen LogP contribution >= 0.6 is 0 Å². The van der Waals surface area contributed by atoms with Crippen molar-refractivity contribution in [3.8, 4) is 35.1 Å². The summed E-state index contributed by atoms with van der Waals surface area (Å²) in [4.78, 5) is 2.05. The van der Waals surface area contributed by atoms with Crippen molar-refractivity contribution in [1.29, 1.82) is 15.8 Å². The highest BCUT2D eigenvalue weighted by atomic mass is 16.5. The third-order valence-corrected chi connectivity index (χ3v) is 7.52. The second-order valence-corrected chi connectivity index (χ2v) is 10.4. The third-order valence-electron chi connectivity index (χ3n) is 7.52. The molecule has 0 saturated carbocycles. The Morgan fingerprint density at radius 3 is 2.09 bits per heavy atom. The maximum Gasteiger partial charge on any atom is 0.200 e. The fraction of sp³-hybridized carbons (Fsp3) is 0.229. The lowest BCUT2D eigenvalue weighted by molar-refractivity contribution is -0.910. The smallest absolute Gasteiger partial charge is 0.200 e. The molecular weight excluding hydrogens is 538 g/mol. The minimum atomic E-state index is -0.151. The Bertz CT molecular complexity index is 1620. The summed E-state index contributed by atoms with van der Waals surface area (Å²) in [6.45, 7) is 2.45. The molecule has 0 aromatic heterocycles. The Morgan fingerprint density at radius 1 is 0.837 bits per heavy atom. The number of rotatable bonds is 12. The van der Waals surface area contributed by atoms with Gasteiger partial charge in [0.1, 0.15) is 30.8 Å². The topological polar surface area (TPSA) is 124 Å². The monoisotopic (exact) mass is 572 g/mol. The third kappa shape index (κ3) is 7.38. The molecule has 0 fully saturated rings. The summed E-state index contributed by atoms with van der Waals surface area (Å²) in [6.07, 6.45) is 4.02. The molecule has 1 aliphatic rings. The van der Waals surface area contributed by atoms with Crippen LogP contribution < -0.4 is 9.64 Å². The quantitative estimate of drug-likeness (QED) is 0.174. The lowest BCUT2D eigenvalue weighted by atomic mass is 9.94. The SMILES string of the molecule is C[N+](CCO)(CCO)CCCN1C(=CC=C(C#N)C(=C(C#N)C#N)c2ccccc2)Oc2ccc(-c3ccccc3)cc21. The Kier molecular flexibility index (Phi) is 10.5. The van der Waals surface area contributed by atoms with Crippen molar-refractivity contribution in [2.24, 2.45) is 0 Å². The predicted octanol–water partition coefficient (Wildman–Crippen LogP) is 5.17. The maximum atomic E-state index is 10.1. The number of hydrogen-bond acceptors (Lipinski definition) is 7. The fourth-order valence-corrected chi connectivity index (χ4v) is 5.20. The summed E-state index contributed by atoms with van der Waals surface area (Å²) in [5.41, 5.74) is 3.86. The average Bonchev–Trinajstić information content (AvgIpc) is 3.38. The lowest BCUT2D eigenvalue weighted by Gasteiger charge is -2.34. The molecule has 0 spiro atoms. The molecule has 216 valence electrons. The van der Waals surface area contributed by atoms with Gasteiger partial charge in [0.2, 0.25) is 5.88 Å². The molecule has 0 atom stereocenters. The van der Waals surface area contributed by atoms with Crippen LogP contribution in [0.3, 0.4) is 0 Å². The predicted molar refractivity (Wildman–Crippen MR) is 166 cm³/mol. The van der Waals surface area contributed by atoms with Gasteiger partial charge in [0.05, 0.1) is 44.1 Å². The van der Waals surface area contributed by atoms with Crippen LogP contribution in [0.1, 0.15) is 12.0 Å². The van der Waals surface area contributed by atoms with Gasteiger partial charge in [-0.05, 0) is 34.9 Å². The highest BCUT2D eigenvalue weighted by Crippen LogP contribution is 2.42. The number of ether oxygens (including phenoxy) is 1. The molecule has 1 heterocycles. The highest BCUT2D eigenvalue weighted by Gasteiger charge is 2.28. The Balaban J connectivity index is 1.74. The number of fused-ring (bicyclic) bond motifs is 1. The molecule has 0 bridgehead atoms. The van der Waals surface area contributed by atoms with Gasteiger partial charge in [-0.3, -0.25) is 0 Å². The first-order valence-corrected chi connectivity index (χ1v) is 14.1. The van der Waals surface area contributed by atoms with Crippen LogP contribution in [0.5, 0.6) is 5.75 Å². The van der Waals surface area contributed by atoms with Gasteiger partial charge >= 0.3 is 0 Å². The number of nitrogens with zero attached hydrogens (tertiary/aromatic N) is 5. The van der Waals surface area contributed by atoms with Crippen molar-refractivity contribution in [1.82, 2.24) is 0 Å². The van der Waals surface area contributed by atoms with Gasteiger partial charge in [0, 0.05) is 24.6 Å². The molecule has 0 saturated heterocycles. The second kappa shape index (κ2) is 14.6. The van der Waals surface area contributed by atoms with Gasteiger partial charge in [0.25, 0.3) is 0 Å². The molecule has 0 aliphatic carbocycles. The van der Waals surface area contributed by atoms with E-state index in [1.807, 2.05) is 67.7 Å². The number of benzene rings is 3. The number of anilines is 1. The molecule has 3 aromatic rings. The van der Waals surface area contributed by atoms with Crippen LogP contribution in [0.25, 0.3) is 16.7 Å². The zero-order valence-corrected chi connectivity index (χ0v) is 24.1. The number of likely N-dealkylation sites (N-methyl/N-ethyl adjacent to an activating group) is 1. The van der Waals surface area contributed by atoms with E-state index in [4.69, 9.17) is 4.74 Å². The number of nitriles is 3. The molecule has 3 aromatic carbocycles. The Morgan fingerprint density at radius 2 is 1.49 bits per heavy atom. The minimum Gasteiger partial charge on any atom is -0.439 e. The number of allylic oxidation sites excluding steroid dienone is 5. The summed E-state index contributed by atoms with van der Waals surface area (Å²) in [5, 5.41) is 48.6. The summed E-state index contributed by atoms with van der Waals surface area (Å²) in [7, 11) is 2.02. The molecular formula is C35H34N5O3+. The van der Waals surface area contributed by atoms with Crippen molar-refractivity contribution in [2.75, 3.05) is 51.3 Å². The van der Waals surface area contributed by atoms with Crippen LogP contribution in [-0.4, -0.2) is 61.1 Å². The molecule has 8 nitrogen and oxygen atoms in total. The fourth-order valence-electron chi connectivity index (χ4n) is 5.20. The van der Waals surface area contributed by atoms with Gasteiger partial charge in [-0.2, -0.15) is 15.8 Å². The largest absolute Gasteiger partial charge is 0.439 e. The van der Waals surface area contributed by atoms with Gasteiger partial charge < -0.3 is 24.3 Å². The normalized spacial score (nSPS) is 13.4. The number of quaternary nitrogens is 1. The zero-order chi connectivity index (χ0) is 30.7. The molecule has 1 aliphatic heterocycles. The first-order chi connectivity index (χ1) is 21.0. The van der Waals surface area contributed by atoms with Crippen LogP contribution in [0.2, 0.25) is 0 Å². The maximum absolute atomic E-state index is 10.1. The summed E-state index contributed by atoms with van der Waals surface area (Å²) >= 11 is 0. The lowest BCUT2D eigenvalue weighted by Crippen LogP contribution is -2.49. The number of hydrogen-bond donors (Lipinski definition) is 2. The molecule has 0 unspecified atom stereocenters. The van der Waals surface area contributed by atoms with Crippen LogP contribution in [0.15, 0.2) is 108 Å². The average molecular weight is 573 g/mol. The Hall–Kier alpha value is -5.17. The first kappa shape index (κ1) is 30.8. The van der Waals surface area contributed by atoms with Crippen molar-refractivity contribution < 1.29 is 19.4 Å². The number of aliphatic hydroxyl groups is 2. The van der Waals surface area contributed by atoms with Crippen LogP contribution in [0, 0.1) is 34.0 Å². The van der Waals surface area contributed by atoms with E-state index in [-0.39, 0.29) is 29.9 Å². The minimum absolute atomic E-state index is 0.0319. The van der Waals surface area contributed by atoms with E-state index in [1.165, 1.54) is 0 Å². The molecule has 0 amide bonds. The first-order valence-electron chi connectivity index (χ1n) is 14.1. The van der Waals surface area contributed by atoms with E-state index in [2.05, 4.69) is 17.0 Å². The van der Waals surface area contributed by atoms with Gasteiger partial charge in [-0.15, -0.1) is 0 Å². The van der Waals surface area contributed by atoms with Crippen molar-refractivity contribution in [3.05, 3.63) is 114 Å². The standard InChI is InChI=1S/C35H34N5O3/c1-40(19-21-41,20-22-42)18-8-17-39-32-23-29(27-9-4-2-5-10-27)13-15-33(32)43-34(39)16-14-30(24-36)35(31(25-37)26-38)28-11-6-3-7-12-28/h2-7,9-16,23,41-42H,8,17-22H2,1H3/q+1. The van der Waals surface area contributed by atoms with Crippen LogP contribution in [-0.2, 0) is 0 Å². The summed E-state index contributed by atoms with van der Waals surface area (Å²) in [6, 6.07) is 31.0. The van der Waals surface area contributed by atoms with E-state index in [9.17, 15) is 26.0 Å². The van der Waals surface area contributed by atoms with E-state index >= 15 is 0 Å². The Labute approximate surface area is 252 Å². The van der Waals surface area contributed by atoms with Gasteiger partial charge in [-0.25, -0.2) is 0 Å². The molecule has 43 heavy (non-hydrogen) atoms. The van der Waals surface area contributed by atoms with Crippen molar-refractivity contribution in [3.63, 3.8) is 0 Å². The van der Waals surface area contributed by atoms with Crippen LogP contribution in [0.4, 0.5) is 5.69 Å². The van der Waals surface area contributed by atoms with Gasteiger partial charge in [0.15, 0.2) is 5.75 Å². The highest BCUT2D eigenvalue weighted by molar-refractivity contribution is 5.89.